The normalized spacial score (nSPS) is 12.6. The van der Waals surface area contributed by atoms with Gasteiger partial charge in [-0.2, -0.15) is 0 Å². The molecule has 0 aliphatic heterocycles. The molecule has 1 rings (SSSR count). The lowest BCUT2D eigenvalue weighted by molar-refractivity contribution is -0.137. The minimum atomic E-state index is -0.350. The van der Waals surface area contributed by atoms with Crippen molar-refractivity contribution in [2.24, 2.45) is 0 Å². The van der Waals surface area contributed by atoms with Gasteiger partial charge in [-0.15, -0.1) is 0 Å². The van der Waals surface area contributed by atoms with Crippen LogP contribution in [-0.2, 0) is 20.4 Å². The molecule has 0 aromatic heterocycles. The Bertz CT molecular complexity index is 604. The SMILES string of the molecule is CCCC(C)(C)c1cc(C=CC(=O)OCC)cc(C(C)(C)C)c1O. The molecule has 134 valence electrons. The van der Waals surface area contributed by atoms with Gasteiger partial charge < -0.3 is 9.84 Å². The predicted molar refractivity (Wildman–Crippen MR) is 100 cm³/mol. The van der Waals surface area contributed by atoms with E-state index in [0.717, 1.165) is 29.5 Å². The van der Waals surface area contributed by atoms with Crippen LogP contribution in [0.4, 0.5) is 0 Å². The zero-order chi connectivity index (χ0) is 18.5. The average Bonchev–Trinajstić information content (AvgIpc) is 2.45. The van der Waals surface area contributed by atoms with Gasteiger partial charge in [0.2, 0.25) is 0 Å². The molecule has 0 unspecified atom stereocenters. The fraction of sp³-hybridized carbons (Fsp3) is 0.571. The van der Waals surface area contributed by atoms with Crippen molar-refractivity contribution in [3.8, 4) is 5.75 Å². The van der Waals surface area contributed by atoms with Gasteiger partial charge in [0.1, 0.15) is 5.75 Å². The van der Waals surface area contributed by atoms with E-state index in [4.69, 9.17) is 4.74 Å². The monoisotopic (exact) mass is 332 g/mol. The van der Waals surface area contributed by atoms with Gasteiger partial charge in [0.05, 0.1) is 6.61 Å². The van der Waals surface area contributed by atoms with Gasteiger partial charge in [-0.05, 0) is 47.9 Å². The summed E-state index contributed by atoms with van der Waals surface area (Å²) in [6.07, 6.45) is 5.23. The quantitative estimate of drug-likeness (QED) is 0.564. The third-order valence-electron chi connectivity index (χ3n) is 4.24. The highest BCUT2D eigenvalue weighted by Crippen LogP contribution is 2.41. The molecule has 0 fully saturated rings. The number of ether oxygens (including phenoxy) is 1. The molecule has 1 aromatic rings. The Morgan fingerprint density at radius 2 is 1.71 bits per heavy atom. The van der Waals surface area contributed by atoms with Crippen molar-refractivity contribution in [2.45, 2.75) is 72.1 Å². The number of carbonyl (C=O) groups is 1. The fourth-order valence-corrected chi connectivity index (χ4v) is 2.95. The minimum Gasteiger partial charge on any atom is -0.507 e. The highest BCUT2D eigenvalue weighted by molar-refractivity contribution is 5.87. The molecule has 0 atom stereocenters. The molecule has 0 radical (unpaired) electrons. The van der Waals surface area contributed by atoms with Crippen LogP contribution in [0.1, 0.15) is 78.0 Å². The molecule has 3 heteroatoms. The molecule has 24 heavy (non-hydrogen) atoms. The molecule has 0 aliphatic carbocycles. The second-order valence-electron chi connectivity index (χ2n) is 7.93. The molecule has 0 heterocycles. The second kappa shape index (κ2) is 7.87. The Hall–Kier alpha value is -1.77. The van der Waals surface area contributed by atoms with E-state index in [1.54, 1.807) is 13.0 Å². The molecule has 0 saturated heterocycles. The maximum absolute atomic E-state index is 11.6. The van der Waals surface area contributed by atoms with E-state index in [-0.39, 0.29) is 16.8 Å². The molecule has 0 amide bonds. The number of phenolic OH excluding ortho intramolecular Hbond substituents is 1. The van der Waals surface area contributed by atoms with Gasteiger partial charge in [-0.25, -0.2) is 4.79 Å². The lowest BCUT2D eigenvalue weighted by Gasteiger charge is -2.30. The summed E-state index contributed by atoms with van der Waals surface area (Å²) in [5, 5.41) is 10.9. The summed E-state index contributed by atoms with van der Waals surface area (Å²) < 4.78 is 4.95. The Kier molecular flexibility index (Phi) is 6.65. The molecule has 0 aliphatic rings. The standard InChI is InChI=1S/C21H32O3/c1-8-12-21(6,7)17-14-15(10-11-18(22)24-9-2)13-16(19(17)23)20(3,4)5/h10-11,13-14,23H,8-9,12H2,1-7H3. The third-order valence-corrected chi connectivity index (χ3v) is 4.24. The van der Waals surface area contributed by atoms with Crippen LogP contribution < -0.4 is 0 Å². The van der Waals surface area contributed by atoms with Gasteiger partial charge in [-0.3, -0.25) is 0 Å². The van der Waals surface area contributed by atoms with E-state index in [1.165, 1.54) is 6.08 Å². The lowest BCUT2D eigenvalue weighted by Crippen LogP contribution is -2.20. The predicted octanol–water partition coefficient (Wildman–Crippen LogP) is 5.34. The number of carbonyl (C=O) groups excluding carboxylic acids is 1. The van der Waals surface area contributed by atoms with E-state index in [0.29, 0.717) is 12.4 Å². The second-order valence-corrected chi connectivity index (χ2v) is 7.93. The first kappa shape index (κ1) is 20.3. The molecular formula is C21H32O3. The number of hydrogen-bond acceptors (Lipinski definition) is 3. The third kappa shape index (κ3) is 5.12. The van der Waals surface area contributed by atoms with Crippen LogP contribution >= 0.6 is 0 Å². The minimum absolute atomic E-state index is 0.132. The average molecular weight is 332 g/mol. The summed E-state index contributed by atoms with van der Waals surface area (Å²) in [4.78, 5) is 11.6. The van der Waals surface area contributed by atoms with Gasteiger partial charge in [0, 0.05) is 17.2 Å². The molecule has 0 spiro atoms. The summed E-state index contributed by atoms with van der Waals surface area (Å²) in [5.74, 6) is 0.0199. The first-order valence-corrected chi connectivity index (χ1v) is 8.75. The van der Waals surface area contributed by atoms with Crippen molar-refractivity contribution < 1.29 is 14.6 Å². The van der Waals surface area contributed by atoms with Crippen molar-refractivity contribution in [1.29, 1.82) is 0 Å². The summed E-state index contributed by atoms with van der Waals surface area (Å²) in [6, 6.07) is 3.94. The maximum atomic E-state index is 11.6. The van der Waals surface area contributed by atoms with E-state index < -0.39 is 0 Å². The first-order chi connectivity index (χ1) is 11.0. The number of phenols is 1. The number of esters is 1. The van der Waals surface area contributed by atoms with Crippen LogP contribution in [0, 0.1) is 0 Å². The van der Waals surface area contributed by atoms with Gasteiger partial charge in [-0.1, -0.05) is 48.0 Å². The molecule has 0 saturated carbocycles. The Balaban J connectivity index is 3.44. The molecule has 3 nitrogen and oxygen atoms in total. The van der Waals surface area contributed by atoms with Crippen molar-refractivity contribution in [2.75, 3.05) is 6.61 Å². The van der Waals surface area contributed by atoms with Crippen molar-refractivity contribution in [3.05, 3.63) is 34.9 Å². The highest BCUT2D eigenvalue weighted by atomic mass is 16.5. The number of aromatic hydroxyl groups is 1. The lowest BCUT2D eigenvalue weighted by atomic mass is 9.75. The van der Waals surface area contributed by atoms with Crippen LogP contribution in [0.25, 0.3) is 6.08 Å². The van der Waals surface area contributed by atoms with Crippen LogP contribution in [0.15, 0.2) is 18.2 Å². The van der Waals surface area contributed by atoms with E-state index in [9.17, 15) is 9.90 Å². The highest BCUT2D eigenvalue weighted by Gasteiger charge is 2.28. The van der Waals surface area contributed by atoms with Crippen LogP contribution in [0.5, 0.6) is 5.75 Å². The van der Waals surface area contributed by atoms with Crippen molar-refractivity contribution in [1.82, 2.24) is 0 Å². The molecule has 1 aromatic carbocycles. The topological polar surface area (TPSA) is 46.5 Å². The van der Waals surface area contributed by atoms with Gasteiger partial charge in [0.15, 0.2) is 0 Å². The van der Waals surface area contributed by atoms with Crippen LogP contribution in [-0.4, -0.2) is 17.7 Å². The Morgan fingerprint density at radius 1 is 1.12 bits per heavy atom. The molecular weight excluding hydrogens is 300 g/mol. The van der Waals surface area contributed by atoms with E-state index >= 15 is 0 Å². The van der Waals surface area contributed by atoms with Gasteiger partial charge >= 0.3 is 5.97 Å². The largest absolute Gasteiger partial charge is 0.507 e. The first-order valence-electron chi connectivity index (χ1n) is 8.75. The molecule has 1 N–H and O–H groups in total. The zero-order valence-electron chi connectivity index (χ0n) is 16.2. The zero-order valence-corrected chi connectivity index (χ0v) is 16.2. The van der Waals surface area contributed by atoms with E-state index in [1.807, 2.05) is 12.1 Å². The summed E-state index contributed by atoms with van der Waals surface area (Å²) in [6.45, 7) is 14.8. The van der Waals surface area contributed by atoms with Crippen molar-refractivity contribution in [3.63, 3.8) is 0 Å². The number of benzene rings is 1. The van der Waals surface area contributed by atoms with E-state index in [2.05, 4.69) is 41.5 Å². The van der Waals surface area contributed by atoms with Gasteiger partial charge in [0.25, 0.3) is 0 Å². The summed E-state index contributed by atoms with van der Waals surface area (Å²) in [5.41, 5.74) is 2.42. The summed E-state index contributed by atoms with van der Waals surface area (Å²) >= 11 is 0. The number of hydrogen-bond donors (Lipinski definition) is 1. The smallest absolute Gasteiger partial charge is 0.330 e. The van der Waals surface area contributed by atoms with Crippen LogP contribution in [0.2, 0.25) is 0 Å². The Labute approximate surface area is 146 Å². The maximum Gasteiger partial charge on any atom is 0.330 e. The van der Waals surface area contributed by atoms with Crippen LogP contribution in [0.3, 0.4) is 0 Å². The molecule has 0 bridgehead atoms. The fourth-order valence-electron chi connectivity index (χ4n) is 2.95. The van der Waals surface area contributed by atoms with Crippen molar-refractivity contribution >= 4 is 12.0 Å². The number of rotatable bonds is 6. The Morgan fingerprint density at radius 3 is 2.21 bits per heavy atom. The summed E-state index contributed by atoms with van der Waals surface area (Å²) in [7, 11) is 0.